The summed E-state index contributed by atoms with van der Waals surface area (Å²) < 4.78 is 11.2. The Morgan fingerprint density at radius 3 is 2.17 bits per heavy atom. The highest BCUT2D eigenvalue weighted by Crippen LogP contribution is 2.18. The molecule has 0 aliphatic carbocycles. The molecule has 6 heteroatoms. The van der Waals surface area contributed by atoms with Crippen molar-refractivity contribution in [1.82, 2.24) is 0 Å². The minimum Gasteiger partial charge on any atom is -0.284 e. The lowest BCUT2D eigenvalue weighted by atomic mass is 10.3. The molecule has 0 unspecified atom stereocenters. The highest BCUT2D eigenvalue weighted by Gasteiger charge is 2.18. The number of rotatable bonds is 1. The predicted octanol–water partition coefficient (Wildman–Crippen LogP) is 0.927. The minimum atomic E-state index is -1.91. The Morgan fingerprint density at radius 1 is 1.33 bits per heavy atom. The zero-order valence-corrected chi connectivity index (χ0v) is 8.12. The fourth-order valence-corrected chi connectivity index (χ4v) is 1.56. The second-order valence-electron chi connectivity index (χ2n) is 2.69. The van der Waals surface area contributed by atoms with Crippen molar-refractivity contribution in [2.75, 3.05) is 12.5 Å². The van der Waals surface area contributed by atoms with Gasteiger partial charge in [0, 0.05) is 12.5 Å². The zero-order valence-electron chi connectivity index (χ0n) is 6.55. The van der Waals surface area contributed by atoms with E-state index in [9.17, 15) is 9.59 Å². The van der Waals surface area contributed by atoms with Crippen molar-refractivity contribution in [2.24, 2.45) is 4.36 Å². The first kappa shape index (κ1) is 9.41. The molecule has 0 aromatic heterocycles. The van der Waals surface area contributed by atoms with Gasteiger partial charge in [0.15, 0.2) is 0 Å². The van der Waals surface area contributed by atoms with Crippen LogP contribution in [0.4, 0.5) is 5.69 Å². The van der Waals surface area contributed by atoms with Crippen molar-refractivity contribution in [3.05, 3.63) is 25.5 Å². The molecule has 4 nitrogen and oxygen atoms in total. The first-order valence-corrected chi connectivity index (χ1v) is 5.81. The first-order chi connectivity index (χ1) is 5.33. The lowest BCUT2D eigenvalue weighted by Crippen LogP contribution is -2.30. The molecule has 0 saturated heterocycles. The molecule has 1 N–H and O–H groups in total. The highest BCUT2D eigenvalue weighted by molar-refractivity contribution is 7.93. The number of nitrogens with zero attached hydrogens (tertiary/aromatic N) is 1. The summed E-state index contributed by atoms with van der Waals surface area (Å²) in [4.78, 5) is 21.4. The molecule has 0 bridgehead atoms. The Kier molecular flexibility index (Phi) is 2.09. The van der Waals surface area contributed by atoms with E-state index >= 15 is 0 Å². The fourth-order valence-electron chi connectivity index (χ4n) is 0.662. The molecule has 66 valence electrons. The van der Waals surface area contributed by atoms with Gasteiger partial charge in [0.25, 0.3) is 5.43 Å². The lowest BCUT2D eigenvalue weighted by Gasteiger charge is -2.01. The third-order valence-corrected chi connectivity index (χ3v) is 2.14. The summed E-state index contributed by atoms with van der Waals surface area (Å²) in [5.74, 6) is 0. The molecule has 0 aliphatic heterocycles. The largest absolute Gasteiger partial charge is 0.284 e. The maximum Gasteiger partial charge on any atom is 0.255 e. The molecular weight excluding hydrogens is 200 g/mol. The van der Waals surface area contributed by atoms with Crippen LogP contribution < -0.4 is 10.9 Å². The summed E-state index contributed by atoms with van der Waals surface area (Å²) >= 11 is 5.41. The van der Waals surface area contributed by atoms with E-state index in [1.165, 1.54) is 0 Å². The average Bonchev–Trinajstić information content (AvgIpc) is 1.96. The van der Waals surface area contributed by atoms with E-state index in [1.807, 2.05) is 0 Å². The summed E-state index contributed by atoms with van der Waals surface area (Å²) in [6.07, 6.45) is 3.17. The van der Waals surface area contributed by atoms with Crippen molar-refractivity contribution in [1.29, 1.82) is 4.78 Å². The van der Waals surface area contributed by atoms with Crippen LogP contribution in [0.2, 0.25) is 5.02 Å². The van der Waals surface area contributed by atoms with E-state index in [1.54, 1.807) is 12.5 Å². The van der Waals surface area contributed by atoms with Gasteiger partial charge >= 0.3 is 0 Å². The second kappa shape index (κ2) is 2.67. The molecule has 0 spiro atoms. The predicted molar refractivity (Wildman–Crippen MR) is 50.4 cm³/mol. The number of halogens is 1. The first-order valence-electron chi connectivity index (χ1n) is 3.02. The molecule has 12 heavy (non-hydrogen) atoms. The van der Waals surface area contributed by atoms with Gasteiger partial charge in [-0.05, 0) is 0 Å². The van der Waals surface area contributed by atoms with Gasteiger partial charge in [-0.25, -0.2) is 4.36 Å². The quantitative estimate of drug-likeness (QED) is 0.695. The fraction of sp³-hybridized carbons (Fsp3) is 0.333. The molecule has 1 rings (SSSR count). The van der Waals surface area contributed by atoms with Crippen molar-refractivity contribution < 1.29 is 0 Å². The summed E-state index contributed by atoms with van der Waals surface area (Å²) in [6, 6.07) is 0. The van der Waals surface area contributed by atoms with Crippen LogP contribution in [0.5, 0.6) is 0 Å². The van der Waals surface area contributed by atoms with Crippen LogP contribution in [0.3, 0.4) is 0 Å². The van der Waals surface area contributed by atoms with E-state index in [4.69, 9.17) is 16.4 Å². The van der Waals surface area contributed by atoms with Crippen molar-refractivity contribution in [3.8, 4) is 0 Å². The second-order valence-corrected chi connectivity index (χ2v) is 5.79. The van der Waals surface area contributed by atoms with E-state index < -0.39 is 20.5 Å². The van der Waals surface area contributed by atoms with E-state index in [0.29, 0.717) is 0 Å². The van der Waals surface area contributed by atoms with Crippen LogP contribution in [0.15, 0.2) is 14.0 Å². The van der Waals surface area contributed by atoms with Gasteiger partial charge in [-0.15, -0.1) is 0 Å². The average molecular weight is 207 g/mol. The Bertz CT molecular complexity index is 496. The van der Waals surface area contributed by atoms with Gasteiger partial charge < -0.3 is 0 Å². The number of hydrogen-bond donors (Lipinski definition) is 1. The molecule has 0 atom stereocenters. The Labute approximate surface area is 74.5 Å². The number of hydrogen-bond acceptors (Lipinski definition) is 4. The monoisotopic (exact) mass is 206 g/mol. The highest BCUT2D eigenvalue weighted by atomic mass is 35.5. The van der Waals surface area contributed by atoms with Crippen LogP contribution in [-0.2, 0) is 9.62 Å². The Balaban J connectivity index is 3.38. The van der Waals surface area contributed by atoms with Gasteiger partial charge in [0.05, 0.1) is 0 Å². The molecular formula is C6H7ClN2O2S. The van der Waals surface area contributed by atoms with E-state index in [-0.39, 0.29) is 10.7 Å². The molecule has 0 amide bonds. The maximum absolute atomic E-state index is 10.8. The maximum atomic E-state index is 10.8. The third kappa shape index (κ3) is 1.56. The zero-order chi connectivity index (χ0) is 9.52. The minimum absolute atomic E-state index is 0.0309. The van der Waals surface area contributed by atoms with E-state index in [2.05, 4.69) is 4.36 Å². The van der Waals surface area contributed by atoms with Gasteiger partial charge in [-0.1, -0.05) is 21.2 Å². The Hall–Kier alpha value is -0.680. The molecule has 0 radical (unpaired) electrons. The lowest BCUT2D eigenvalue weighted by molar-refractivity contribution is 1.36. The molecule has 0 aliphatic rings. The Morgan fingerprint density at radius 2 is 1.83 bits per heavy atom. The van der Waals surface area contributed by atoms with Gasteiger partial charge in [-0.3, -0.25) is 14.4 Å². The molecule has 1 aromatic rings. The van der Waals surface area contributed by atoms with Crippen molar-refractivity contribution >= 4 is 26.9 Å². The summed E-state index contributed by atoms with van der Waals surface area (Å²) in [7, 11) is -1.91. The summed E-state index contributed by atoms with van der Waals surface area (Å²) in [6.45, 7) is 0. The molecule has 1 aromatic carbocycles. The molecule has 0 fully saturated rings. The summed E-state index contributed by atoms with van der Waals surface area (Å²) in [5, 5.41) is -0.132. The van der Waals surface area contributed by atoms with Crippen molar-refractivity contribution in [2.45, 2.75) is 0 Å². The van der Waals surface area contributed by atoms with Crippen LogP contribution in [0.25, 0.3) is 0 Å². The summed E-state index contributed by atoms with van der Waals surface area (Å²) in [5.41, 5.74) is -1.40. The van der Waals surface area contributed by atoms with Crippen LogP contribution in [0, 0.1) is 4.78 Å². The standard InChI is InChI=1S/C6H7ClN2O2S/c1-12(2,8)9-4-3(7)5(10)6(4)11/h8H,1-2H3. The van der Waals surface area contributed by atoms with E-state index in [0.717, 1.165) is 0 Å². The molecule has 0 heterocycles. The SMILES string of the molecule is CS(C)(=N)=Nc1c(Cl)c(=O)c1=O. The third-order valence-electron chi connectivity index (χ3n) is 1.15. The van der Waals surface area contributed by atoms with Gasteiger partial charge in [0.1, 0.15) is 10.7 Å². The van der Waals surface area contributed by atoms with Crippen LogP contribution >= 0.6 is 11.6 Å². The van der Waals surface area contributed by atoms with Crippen LogP contribution in [0.1, 0.15) is 0 Å². The van der Waals surface area contributed by atoms with Gasteiger partial charge in [-0.2, -0.15) is 0 Å². The van der Waals surface area contributed by atoms with Crippen molar-refractivity contribution in [3.63, 3.8) is 0 Å². The topological polar surface area (TPSA) is 70.3 Å². The van der Waals surface area contributed by atoms with Gasteiger partial charge in [0.2, 0.25) is 5.43 Å². The number of nitrogens with one attached hydrogen (secondary N) is 1. The smallest absolute Gasteiger partial charge is 0.255 e. The molecule has 0 saturated carbocycles. The normalized spacial score (nSPS) is 11.9. The van der Waals surface area contributed by atoms with Crippen LogP contribution in [-0.4, -0.2) is 12.5 Å².